The van der Waals surface area contributed by atoms with Crippen molar-refractivity contribution in [2.75, 3.05) is 5.32 Å². The fourth-order valence-corrected chi connectivity index (χ4v) is 4.76. The molecular formula is C21H12Cl3N3OS2. The van der Waals surface area contributed by atoms with Gasteiger partial charge in [0.15, 0.2) is 5.11 Å². The normalized spacial score (nSPS) is 10.8. The van der Waals surface area contributed by atoms with E-state index in [-0.39, 0.29) is 5.11 Å². The Morgan fingerprint density at radius 3 is 2.47 bits per heavy atom. The van der Waals surface area contributed by atoms with E-state index in [1.54, 1.807) is 36.4 Å². The Balaban J connectivity index is 1.65. The summed E-state index contributed by atoms with van der Waals surface area (Å²) in [5, 5.41) is 7.57. The fraction of sp³-hybridized carbons (Fsp3) is 0. The molecule has 0 fully saturated rings. The minimum atomic E-state index is -0.426. The van der Waals surface area contributed by atoms with E-state index in [0.29, 0.717) is 31.9 Å². The number of para-hydroxylation sites is 1. The van der Waals surface area contributed by atoms with Gasteiger partial charge in [-0.3, -0.25) is 10.1 Å². The van der Waals surface area contributed by atoms with Crippen molar-refractivity contribution < 1.29 is 4.79 Å². The molecule has 0 bridgehead atoms. The molecule has 150 valence electrons. The number of carbonyl (C=O) groups is 1. The zero-order chi connectivity index (χ0) is 21.3. The van der Waals surface area contributed by atoms with Crippen LogP contribution in [0.5, 0.6) is 0 Å². The van der Waals surface area contributed by atoms with Gasteiger partial charge in [0.25, 0.3) is 5.91 Å². The van der Waals surface area contributed by atoms with E-state index in [1.165, 1.54) is 11.3 Å². The van der Waals surface area contributed by atoms with Crippen LogP contribution >= 0.6 is 58.4 Å². The Bertz CT molecular complexity index is 1260. The van der Waals surface area contributed by atoms with Gasteiger partial charge in [-0.25, -0.2) is 4.98 Å². The average Bonchev–Trinajstić information content (AvgIpc) is 3.14. The molecule has 9 heteroatoms. The van der Waals surface area contributed by atoms with Crippen molar-refractivity contribution >= 4 is 85.3 Å². The first kappa shape index (κ1) is 21.0. The van der Waals surface area contributed by atoms with Gasteiger partial charge in [-0.05, 0) is 48.6 Å². The minimum absolute atomic E-state index is 0.0755. The Morgan fingerprint density at radius 1 is 0.967 bits per heavy atom. The predicted octanol–water partition coefficient (Wildman–Crippen LogP) is 7.05. The molecule has 4 aromatic rings. The van der Waals surface area contributed by atoms with E-state index >= 15 is 0 Å². The molecule has 4 nitrogen and oxygen atoms in total. The van der Waals surface area contributed by atoms with Gasteiger partial charge in [0.2, 0.25) is 0 Å². The highest BCUT2D eigenvalue weighted by Crippen LogP contribution is 2.40. The van der Waals surface area contributed by atoms with Crippen LogP contribution in [0.3, 0.4) is 0 Å². The molecule has 0 atom stereocenters. The number of fused-ring (bicyclic) bond motifs is 1. The molecule has 1 heterocycles. The number of nitrogens with one attached hydrogen (secondary N) is 2. The first-order valence-electron chi connectivity index (χ1n) is 8.64. The lowest BCUT2D eigenvalue weighted by Crippen LogP contribution is -2.34. The molecule has 30 heavy (non-hydrogen) atoms. The van der Waals surface area contributed by atoms with Crippen LogP contribution in [0.1, 0.15) is 10.4 Å². The van der Waals surface area contributed by atoms with Crippen molar-refractivity contribution in [3.8, 4) is 10.6 Å². The molecule has 0 radical (unpaired) electrons. The van der Waals surface area contributed by atoms with Crippen LogP contribution in [0.2, 0.25) is 15.1 Å². The van der Waals surface area contributed by atoms with E-state index in [4.69, 9.17) is 47.0 Å². The van der Waals surface area contributed by atoms with Crippen LogP contribution in [0.4, 0.5) is 5.69 Å². The largest absolute Gasteiger partial charge is 0.331 e. The highest BCUT2D eigenvalue weighted by molar-refractivity contribution is 7.80. The summed E-state index contributed by atoms with van der Waals surface area (Å²) >= 11 is 25.6. The van der Waals surface area contributed by atoms with E-state index in [2.05, 4.69) is 15.6 Å². The van der Waals surface area contributed by atoms with Crippen molar-refractivity contribution in [2.45, 2.75) is 0 Å². The fourth-order valence-electron chi connectivity index (χ4n) is 2.82. The van der Waals surface area contributed by atoms with Crippen LogP contribution in [0.25, 0.3) is 20.8 Å². The summed E-state index contributed by atoms with van der Waals surface area (Å²) in [4.78, 5) is 17.2. The second kappa shape index (κ2) is 8.88. The lowest BCUT2D eigenvalue weighted by molar-refractivity contribution is 0.0978. The summed E-state index contributed by atoms with van der Waals surface area (Å²) in [7, 11) is 0. The quantitative estimate of drug-likeness (QED) is 0.301. The predicted molar refractivity (Wildman–Crippen MR) is 130 cm³/mol. The Kier molecular flexibility index (Phi) is 6.22. The summed E-state index contributed by atoms with van der Waals surface area (Å²) in [5.74, 6) is -0.426. The second-order valence-corrected chi connectivity index (χ2v) is 8.87. The molecule has 2 N–H and O–H groups in total. The van der Waals surface area contributed by atoms with Gasteiger partial charge in [-0.1, -0.05) is 59.1 Å². The van der Waals surface area contributed by atoms with Gasteiger partial charge >= 0.3 is 0 Å². The summed E-state index contributed by atoms with van der Waals surface area (Å²) < 4.78 is 1.03. The minimum Gasteiger partial charge on any atom is -0.331 e. The molecule has 0 saturated heterocycles. The summed E-state index contributed by atoms with van der Waals surface area (Å²) in [6.07, 6.45) is 0. The number of thiazole rings is 1. The van der Waals surface area contributed by atoms with Gasteiger partial charge in [0.05, 0.1) is 31.5 Å². The van der Waals surface area contributed by atoms with E-state index in [0.717, 1.165) is 15.2 Å². The molecule has 0 spiro atoms. The monoisotopic (exact) mass is 491 g/mol. The Morgan fingerprint density at radius 2 is 1.70 bits per heavy atom. The van der Waals surface area contributed by atoms with E-state index < -0.39 is 5.91 Å². The summed E-state index contributed by atoms with van der Waals surface area (Å²) in [6, 6.07) is 17.9. The standard InChI is InChI=1S/C21H12Cl3N3OS2/c22-11-9-13(20-25-16-7-3-4-8-17(16)30-20)18(15(24)10-11)26-21(29)27-19(28)12-5-1-2-6-14(12)23/h1-10H,(H2,26,27,28,29). The van der Waals surface area contributed by atoms with Crippen molar-refractivity contribution in [3.05, 3.63) is 81.3 Å². The van der Waals surface area contributed by atoms with Crippen molar-refractivity contribution in [2.24, 2.45) is 0 Å². The molecular weight excluding hydrogens is 481 g/mol. The third-order valence-corrected chi connectivity index (χ3v) is 6.28. The number of benzene rings is 3. The molecule has 3 aromatic carbocycles. The highest BCUT2D eigenvalue weighted by atomic mass is 35.5. The third-order valence-electron chi connectivity index (χ3n) is 4.16. The number of rotatable bonds is 3. The van der Waals surface area contributed by atoms with Crippen LogP contribution < -0.4 is 10.6 Å². The van der Waals surface area contributed by atoms with Crippen LogP contribution in [-0.2, 0) is 0 Å². The molecule has 4 rings (SSSR count). The highest BCUT2D eigenvalue weighted by Gasteiger charge is 2.18. The summed E-state index contributed by atoms with van der Waals surface area (Å²) in [5.41, 5.74) is 2.37. The third kappa shape index (κ3) is 4.43. The number of hydrogen-bond donors (Lipinski definition) is 2. The lowest BCUT2D eigenvalue weighted by atomic mass is 10.2. The van der Waals surface area contributed by atoms with Gasteiger partial charge in [0.1, 0.15) is 5.01 Å². The molecule has 0 aliphatic rings. The maximum atomic E-state index is 12.5. The van der Waals surface area contributed by atoms with Crippen molar-refractivity contribution in [3.63, 3.8) is 0 Å². The summed E-state index contributed by atoms with van der Waals surface area (Å²) in [6.45, 7) is 0. The van der Waals surface area contributed by atoms with Crippen LogP contribution in [-0.4, -0.2) is 16.0 Å². The van der Waals surface area contributed by atoms with Gasteiger partial charge in [-0.2, -0.15) is 0 Å². The number of nitrogens with zero attached hydrogens (tertiary/aromatic N) is 1. The average molecular weight is 493 g/mol. The number of aromatic nitrogens is 1. The van der Waals surface area contributed by atoms with Crippen LogP contribution in [0.15, 0.2) is 60.7 Å². The molecule has 0 aliphatic heterocycles. The van der Waals surface area contributed by atoms with Gasteiger partial charge in [-0.15, -0.1) is 11.3 Å². The number of thiocarbonyl (C=S) groups is 1. The lowest BCUT2D eigenvalue weighted by Gasteiger charge is -2.15. The SMILES string of the molecule is O=C(NC(=S)Nc1c(Cl)cc(Cl)cc1-c1nc2ccccc2s1)c1ccccc1Cl. The Hall–Kier alpha value is -2.22. The zero-order valence-corrected chi connectivity index (χ0v) is 19.0. The smallest absolute Gasteiger partial charge is 0.258 e. The Labute approximate surface area is 196 Å². The number of carbonyl (C=O) groups excluding carboxylic acids is 1. The van der Waals surface area contributed by atoms with Crippen molar-refractivity contribution in [1.29, 1.82) is 0 Å². The number of amides is 1. The maximum absolute atomic E-state index is 12.5. The van der Waals surface area contributed by atoms with Crippen molar-refractivity contribution in [1.82, 2.24) is 10.3 Å². The molecule has 0 saturated carbocycles. The first-order valence-corrected chi connectivity index (χ1v) is 11.0. The van der Waals surface area contributed by atoms with Gasteiger partial charge < -0.3 is 5.32 Å². The molecule has 0 aliphatic carbocycles. The van der Waals surface area contributed by atoms with Crippen LogP contribution in [0, 0.1) is 0 Å². The van der Waals surface area contributed by atoms with E-state index in [9.17, 15) is 4.79 Å². The number of halogens is 3. The maximum Gasteiger partial charge on any atom is 0.258 e. The molecule has 1 amide bonds. The molecule has 0 unspecified atom stereocenters. The topological polar surface area (TPSA) is 54.0 Å². The zero-order valence-electron chi connectivity index (χ0n) is 15.1. The first-order chi connectivity index (χ1) is 14.4. The number of hydrogen-bond acceptors (Lipinski definition) is 4. The van der Waals surface area contributed by atoms with E-state index in [1.807, 2.05) is 24.3 Å². The second-order valence-electron chi connectivity index (χ2n) is 6.19. The number of anilines is 1. The van der Waals surface area contributed by atoms with Gasteiger partial charge in [0, 0.05) is 10.6 Å². The molecule has 1 aromatic heterocycles.